The molecule has 0 aliphatic heterocycles. The highest BCUT2D eigenvalue weighted by Gasteiger charge is 2.05. The van der Waals surface area contributed by atoms with E-state index in [1.165, 1.54) is 12.1 Å². The number of aromatic nitrogens is 6. The highest BCUT2D eigenvalue weighted by molar-refractivity contribution is 5.45. The Morgan fingerprint density at radius 3 is 1.45 bits per heavy atom. The summed E-state index contributed by atoms with van der Waals surface area (Å²) in [5, 5.41) is 27.4. The molecule has 3 aromatic heterocycles. The summed E-state index contributed by atoms with van der Waals surface area (Å²) in [6, 6.07) is 18.4. The number of benzene rings is 3. The van der Waals surface area contributed by atoms with E-state index in [1.807, 2.05) is 66.6 Å². The van der Waals surface area contributed by atoms with E-state index >= 15 is 0 Å². The number of nitrogens with two attached hydrogens (primary N) is 1. The quantitative estimate of drug-likeness (QED) is 0.108. The zero-order valence-electron chi connectivity index (χ0n) is 25.6. The molecule has 0 bridgehead atoms. The first-order chi connectivity index (χ1) is 22.0. The van der Waals surface area contributed by atoms with E-state index in [2.05, 4.69) is 19.9 Å². The summed E-state index contributed by atoms with van der Waals surface area (Å²) < 4.78 is 15.9. The number of anilines is 1. The van der Waals surface area contributed by atoms with E-state index in [-0.39, 0.29) is 18.8 Å². The van der Waals surface area contributed by atoms with E-state index in [1.54, 1.807) is 37.3 Å². The van der Waals surface area contributed by atoms with Crippen LogP contribution in [0.25, 0.3) is 11.4 Å². The molecule has 0 fully saturated rings. The lowest BCUT2D eigenvalue weighted by Gasteiger charge is -2.00. The van der Waals surface area contributed by atoms with Crippen LogP contribution in [0.15, 0.2) is 110 Å². The second-order valence-corrected chi connectivity index (χ2v) is 9.18. The number of aliphatic hydroxyl groups excluding tert-OH is 1. The van der Waals surface area contributed by atoms with Gasteiger partial charge in [-0.15, -0.1) is 0 Å². The van der Waals surface area contributed by atoms with E-state index in [9.17, 15) is 24.6 Å². The zero-order valence-corrected chi connectivity index (χ0v) is 25.6. The summed E-state index contributed by atoms with van der Waals surface area (Å²) in [5.74, 6) is -0.467. The maximum Gasteiger partial charge on any atom is 0.269 e. The summed E-state index contributed by atoms with van der Waals surface area (Å²) in [6.45, 7) is 5.82. The molecule has 3 heterocycles. The number of nitro groups is 2. The highest BCUT2D eigenvalue weighted by atomic mass is 19.1. The fraction of sp³-hybridized carbons (Fsp3) is 0.156. The number of nitrogen functional groups attached to an aromatic ring is 1. The third-order valence-corrected chi connectivity index (χ3v) is 5.65. The highest BCUT2D eigenvalue weighted by Crippen LogP contribution is 2.15. The Kier molecular flexibility index (Phi) is 16.5. The number of nitro benzene ring substituents is 2. The van der Waals surface area contributed by atoms with Crippen molar-refractivity contribution in [1.82, 2.24) is 29.1 Å². The fourth-order valence-corrected chi connectivity index (χ4v) is 3.41. The first kappa shape index (κ1) is 38.8. The smallest absolute Gasteiger partial charge is 0.269 e. The molecule has 0 unspecified atom stereocenters. The van der Waals surface area contributed by atoms with E-state index in [0.29, 0.717) is 0 Å². The lowest BCUT2D eigenvalue weighted by molar-refractivity contribution is -0.385. The normalized spacial score (nSPS) is 9.32. The van der Waals surface area contributed by atoms with Gasteiger partial charge in [0.1, 0.15) is 5.82 Å². The van der Waals surface area contributed by atoms with Crippen molar-refractivity contribution in [1.29, 1.82) is 0 Å². The van der Waals surface area contributed by atoms with Crippen LogP contribution >= 0.6 is 0 Å². The number of non-ortho nitro benzene ring substituents is 2. The van der Waals surface area contributed by atoms with Gasteiger partial charge < -0.3 is 25.0 Å². The molecule has 15 heteroatoms. The van der Waals surface area contributed by atoms with Crippen LogP contribution in [0.5, 0.6) is 0 Å². The summed E-state index contributed by atoms with van der Waals surface area (Å²) in [6.07, 6.45) is 10.7. The molecule has 0 radical (unpaired) electrons. The number of nitrogens with zero attached hydrogens (tertiary/aromatic N) is 7. The fourth-order valence-electron chi connectivity index (χ4n) is 3.41. The van der Waals surface area contributed by atoms with Gasteiger partial charge in [0.2, 0.25) is 0 Å². The van der Waals surface area contributed by atoms with Gasteiger partial charge in [0.25, 0.3) is 11.4 Å². The average molecular weight is 648 g/mol. The van der Waals surface area contributed by atoms with Crippen molar-refractivity contribution in [3.05, 3.63) is 153 Å². The molecule has 0 amide bonds. The van der Waals surface area contributed by atoms with Crippen LogP contribution in [-0.4, -0.2) is 51.1 Å². The predicted molar refractivity (Wildman–Crippen MR) is 179 cm³/mol. The number of aliphatic hydroxyl groups is 1. The number of nitrogens with one attached hydrogen (secondary N) is 1. The minimum Gasteiger partial charge on any atom is -0.400 e. The van der Waals surface area contributed by atoms with Gasteiger partial charge in [-0.1, -0.05) is 7.43 Å². The Balaban J connectivity index is 0.000000317. The number of aryl methyl sites for hydroxylation is 3. The van der Waals surface area contributed by atoms with Gasteiger partial charge in [0.05, 0.1) is 40.2 Å². The minimum absolute atomic E-state index is 0. The average Bonchev–Trinajstić information content (AvgIpc) is 3.83. The van der Waals surface area contributed by atoms with Crippen LogP contribution in [-0.2, 0) is 0 Å². The van der Waals surface area contributed by atoms with Crippen molar-refractivity contribution in [2.24, 2.45) is 0 Å². The van der Waals surface area contributed by atoms with Crippen molar-refractivity contribution in [3.8, 4) is 11.4 Å². The molecule has 3 aromatic carbocycles. The Morgan fingerprint density at radius 2 is 1.15 bits per heavy atom. The molecule has 14 nitrogen and oxygen atoms in total. The van der Waals surface area contributed by atoms with Crippen molar-refractivity contribution in [2.45, 2.75) is 28.2 Å². The maximum atomic E-state index is 12.1. The van der Waals surface area contributed by atoms with Crippen LogP contribution in [0.4, 0.5) is 21.5 Å². The predicted octanol–water partition coefficient (Wildman–Crippen LogP) is 6.55. The van der Waals surface area contributed by atoms with Crippen molar-refractivity contribution in [2.75, 3.05) is 12.8 Å². The Morgan fingerprint density at radius 1 is 0.745 bits per heavy atom. The maximum absolute atomic E-state index is 12.1. The lowest BCUT2D eigenvalue weighted by Crippen LogP contribution is -1.91. The monoisotopic (exact) mass is 647 g/mol. The Hall–Kier alpha value is -6.22. The van der Waals surface area contributed by atoms with Gasteiger partial charge in [-0.2, -0.15) is 0 Å². The molecule has 4 N–H and O–H groups in total. The number of aromatic amines is 1. The van der Waals surface area contributed by atoms with Crippen molar-refractivity contribution in [3.63, 3.8) is 0 Å². The standard InChI is InChI=1S/C10H9N3O2.C10H11N3.C6H4FNO2.C4H6N2.CH4O.CH4/c1-8-6-12(7-11-8)9-2-4-10(5-3-9)13(14)15;1-8-6-13(7-12-8)10-4-2-9(11)3-5-10;7-5-1-3-6(4-2-5)8(9)10;1-4-2-5-3-6-4;1-2;/h2-7H,1H3;2-7H,11H2,1H3;1-4H;2-3H,1H3,(H,5,6);2H,1H3;1H4. The summed E-state index contributed by atoms with van der Waals surface area (Å²) in [5.41, 5.74) is 11.3. The number of halogens is 1. The van der Waals surface area contributed by atoms with Crippen molar-refractivity contribution >= 4 is 17.1 Å². The molecule has 0 spiro atoms. The number of rotatable bonds is 4. The van der Waals surface area contributed by atoms with Gasteiger partial charge in [-0.3, -0.25) is 20.2 Å². The first-order valence-electron chi connectivity index (χ1n) is 13.4. The molecule has 47 heavy (non-hydrogen) atoms. The van der Waals surface area contributed by atoms with Crippen LogP contribution in [0.2, 0.25) is 0 Å². The number of imidazole rings is 3. The third kappa shape index (κ3) is 13.5. The first-order valence-corrected chi connectivity index (χ1v) is 13.4. The largest absolute Gasteiger partial charge is 0.400 e. The Labute approximate surface area is 271 Å². The number of hydrogen-bond acceptors (Lipinski definition) is 9. The van der Waals surface area contributed by atoms with Crippen LogP contribution < -0.4 is 5.73 Å². The van der Waals surface area contributed by atoms with Crippen molar-refractivity contribution < 1.29 is 19.3 Å². The van der Waals surface area contributed by atoms with Crippen LogP contribution in [0, 0.1) is 46.8 Å². The van der Waals surface area contributed by atoms with Gasteiger partial charge in [-0.05, 0) is 69.3 Å². The van der Waals surface area contributed by atoms with Crippen LogP contribution in [0.3, 0.4) is 0 Å². The van der Waals surface area contributed by atoms with E-state index < -0.39 is 15.7 Å². The minimum atomic E-state index is -0.570. The summed E-state index contributed by atoms with van der Waals surface area (Å²) in [7, 11) is 1.00. The van der Waals surface area contributed by atoms with Gasteiger partial charge in [-0.25, -0.2) is 19.3 Å². The summed E-state index contributed by atoms with van der Waals surface area (Å²) in [4.78, 5) is 34.3. The van der Waals surface area contributed by atoms with Gasteiger partial charge in [0, 0.05) is 72.7 Å². The Bertz CT molecular complexity index is 1750. The molecule has 0 aliphatic rings. The summed E-state index contributed by atoms with van der Waals surface area (Å²) >= 11 is 0. The molecule has 0 aliphatic carbocycles. The molecule has 0 atom stereocenters. The molecule has 6 rings (SSSR count). The number of hydrogen-bond donors (Lipinski definition) is 3. The second-order valence-electron chi connectivity index (χ2n) is 9.18. The lowest BCUT2D eigenvalue weighted by atomic mass is 10.3. The van der Waals surface area contributed by atoms with E-state index in [0.717, 1.165) is 65.5 Å². The number of H-pyrrole nitrogens is 1. The topological polar surface area (TPSA) is 197 Å². The molecule has 0 saturated carbocycles. The second kappa shape index (κ2) is 19.9. The molecular formula is C32H38FN9O5. The molecule has 6 aromatic rings. The zero-order chi connectivity index (χ0) is 34.1. The third-order valence-electron chi connectivity index (χ3n) is 5.65. The van der Waals surface area contributed by atoms with Crippen LogP contribution in [0.1, 0.15) is 24.5 Å². The van der Waals surface area contributed by atoms with Gasteiger partial charge in [0.15, 0.2) is 0 Å². The molecule has 248 valence electrons. The van der Waals surface area contributed by atoms with Gasteiger partial charge >= 0.3 is 0 Å². The van der Waals surface area contributed by atoms with E-state index in [4.69, 9.17) is 10.8 Å². The molecule has 0 saturated heterocycles. The molecular weight excluding hydrogens is 609 g/mol. The SMILES string of the molecule is C.CO.Cc1cn(-c2ccc(N)cc2)cn1.Cc1cn(-c2ccc([N+](=O)[O-])cc2)cn1.Cc1cnc[nH]1.O=[N+]([O-])c1ccc(F)cc1.